The molecule has 0 saturated carbocycles. The molecule has 0 radical (unpaired) electrons. The minimum atomic E-state index is -0.259. The van der Waals surface area contributed by atoms with E-state index >= 15 is 0 Å². The number of halogens is 1. The highest BCUT2D eigenvalue weighted by molar-refractivity contribution is 5.78. The lowest BCUT2D eigenvalue weighted by Gasteiger charge is -2.13. The monoisotopic (exact) mass is 287 g/mol. The largest absolute Gasteiger partial charge is 0.459 e. The van der Waals surface area contributed by atoms with Gasteiger partial charge in [-0.2, -0.15) is 0 Å². The number of furan rings is 1. The van der Waals surface area contributed by atoms with Gasteiger partial charge in [0.15, 0.2) is 0 Å². The number of fused-ring (bicyclic) bond motifs is 1. The number of hydrogen-bond acceptors (Lipinski definition) is 3. The Morgan fingerprint density at radius 2 is 2.24 bits per heavy atom. The van der Waals surface area contributed by atoms with Crippen LogP contribution in [0.2, 0.25) is 0 Å². The topological polar surface area (TPSA) is 43.0 Å². The Bertz CT molecular complexity index is 747. The van der Waals surface area contributed by atoms with Crippen molar-refractivity contribution in [3.05, 3.63) is 54.1 Å². The molecule has 110 valence electrons. The number of hydrogen-bond donors (Lipinski definition) is 1. The lowest BCUT2D eigenvalue weighted by molar-refractivity contribution is 0.464. The van der Waals surface area contributed by atoms with Crippen molar-refractivity contribution in [2.45, 2.75) is 19.4 Å². The summed E-state index contributed by atoms with van der Waals surface area (Å²) in [6.45, 7) is 2.96. The van der Waals surface area contributed by atoms with Crippen LogP contribution in [-0.2, 0) is 7.05 Å². The summed E-state index contributed by atoms with van der Waals surface area (Å²) in [5, 5.41) is 4.20. The van der Waals surface area contributed by atoms with Crippen molar-refractivity contribution in [2.24, 2.45) is 7.05 Å². The summed E-state index contributed by atoms with van der Waals surface area (Å²) < 4.78 is 21.1. The predicted octanol–water partition coefficient (Wildman–Crippen LogP) is 3.39. The molecule has 0 bridgehead atoms. The third-order valence-electron chi connectivity index (χ3n) is 3.40. The molecular weight excluding hydrogens is 269 g/mol. The van der Waals surface area contributed by atoms with E-state index in [4.69, 9.17) is 4.42 Å². The average Bonchev–Trinajstić information content (AvgIpc) is 3.05. The zero-order valence-electron chi connectivity index (χ0n) is 12.1. The molecule has 1 unspecified atom stereocenters. The average molecular weight is 287 g/mol. The third-order valence-corrected chi connectivity index (χ3v) is 3.40. The first-order valence-corrected chi connectivity index (χ1v) is 7.07. The minimum absolute atomic E-state index is 0.124. The van der Waals surface area contributed by atoms with E-state index in [1.807, 2.05) is 23.9 Å². The first-order chi connectivity index (χ1) is 10.2. The van der Waals surface area contributed by atoms with Crippen molar-refractivity contribution >= 4 is 11.0 Å². The standard InChI is InChI=1S/C16H18FN3O/c1-3-6-18-16(13-9-20(2)10-19-13)15-8-11-7-12(17)4-5-14(11)21-15/h4-5,7-10,16,18H,3,6H2,1-2H3. The molecule has 3 rings (SSSR count). The Morgan fingerprint density at radius 1 is 1.38 bits per heavy atom. The van der Waals surface area contributed by atoms with Crippen LogP contribution in [0.25, 0.3) is 11.0 Å². The summed E-state index contributed by atoms with van der Waals surface area (Å²) in [4.78, 5) is 4.40. The smallest absolute Gasteiger partial charge is 0.134 e. The zero-order valence-corrected chi connectivity index (χ0v) is 12.1. The highest BCUT2D eigenvalue weighted by Crippen LogP contribution is 2.28. The van der Waals surface area contributed by atoms with Gasteiger partial charge in [0.05, 0.1) is 12.0 Å². The van der Waals surface area contributed by atoms with E-state index in [1.165, 1.54) is 12.1 Å². The normalized spacial score (nSPS) is 12.9. The second kappa shape index (κ2) is 5.69. The van der Waals surface area contributed by atoms with Crippen molar-refractivity contribution in [2.75, 3.05) is 6.54 Å². The zero-order chi connectivity index (χ0) is 14.8. The molecule has 3 aromatic rings. The van der Waals surface area contributed by atoms with Crippen molar-refractivity contribution in [3.63, 3.8) is 0 Å². The molecule has 0 fully saturated rings. The number of nitrogens with one attached hydrogen (secondary N) is 1. The second-order valence-corrected chi connectivity index (χ2v) is 5.18. The molecule has 0 saturated heterocycles. The quantitative estimate of drug-likeness (QED) is 0.782. The number of rotatable bonds is 5. The van der Waals surface area contributed by atoms with Gasteiger partial charge in [0.1, 0.15) is 23.2 Å². The van der Waals surface area contributed by atoms with Gasteiger partial charge in [0.2, 0.25) is 0 Å². The molecule has 1 N–H and O–H groups in total. The van der Waals surface area contributed by atoms with Crippen molar-refractivity contribution in [1.29, 1.82) is 0 Å². The van der Waals surface area contributed by atoms with E-state index in [9.17, 15) is 4.39 Å². The van der Waals surface area contributed by atoms with E-state index in [0.717, 1.165) is 29.8 Å². The predicted molar refractivity (Wildman–Crippen MR) is 79.5 cm³/mol. The molecule has 21 heavy (non-hydrogen) atoms. The number of aryl methyl sites for hydroxylation is 1. The Morgan fingerprint density at radius 3 is 2.95 bits per heavy atom. The maximum atomic E-state index is 13.3. The number of imidazole rings is 1. The Labute approximate surface area is 122 Å². The van der Waals surface area contributed by atoms with Gasteiger partial charge in [-0.1, -0.05) is 6.92 Å². The van der Waals surface area contributed by atoms with Gasteiger partial charge in [-0.15, -0.1) is 0 Å². The van der Waals surface area contributed by atoms with Gasteiger partial charge in [0.25, 0.3) is 0 Å². The van der Waals surface area contributed by atoms with Crippen LogP contribution in [0.5, 0.6) is 0 Å². The van der Waals surface area contributed by atoms with Crippen molar-refractivity contribution in [1.82, 2.24) is 14.9 Å². The van der Waals surface area contributed by atoms with Crippen LogP contribution in [0.15, 0.2) is 41.2 Å². The van der Waals surface area contributed by atoms with Crippen LogP contribution in [0.1, 0.15) is 30.8 Å². The molecule has 2 aromatic heterocycles. The second-order valence-electron chi connectivity index (χ2n) is 5.18. The molecule has 1 atom stereocenters. The van der Waals surface area contributed by atoms with Crippen LogP contribution >= 0.6 is 0 Å². The van der Waals surface area contributed by atoms with E-state index in [1.54, 1.807) is 12.4 Å². The van der Waals surface area contributed by atoms with Gasteiger partial charge in [-0.25, -0.2) is 9.37 Å². The van der Waals surface area contributed by atoms with Gasteiger partial charge < -0.3 is 14.3 Å². The Hall–Kier alpha value is -2.14. The number of benzene rings is 1. The van der Waals surface area contributed by atoms with E-state index in [2.05, 4.69) is 17.2 Å². The summed E-state index contributed by atoms with van der Waals surface area (Å²) in [6, 6.07) is 6.30. The molecule has 2 heterocycles. The highest BCUT2D eigenvalue weighted by Gasteiger charge is 2.20. The molecular formula is C16H18FN3O. The van der Waals surface area contributed by atoms with Crippen LogP contribution < -0.4 is 5.32 Å². The summed E-state index contributed by atoms with van der Waals surface area (Å²) in [5.41, 5.74) is 1.58. The summed E-state index contributed by atoms with van der Waals surface area (Å²) >= 11 is 0. The third kappa shape index (κ3) is 2.83. The fourth-order valence-corrected chi connectivity index (χ4v) is 2.40. The fraction of sp³-hybridized carbons (Fsp3) is 0.312. The van der Waals surface area contributed by atoms with Gasteiger partial charge in [-0.3, -0.25) is 0 Å². The van der Waals surface area contributed by atoms with Crippen LogP contribution in [0.4, 0.5) is 4.39 Å². The first-order valence-electron chi connectivity index (χ1n) is 7.07. The summed E-state index contributed by atoms with van der Waals surface area (Å²) in [6.07, 6.45) is 4.73. The molecule has 1 aromatic carbocycles. The molecule has 0 spiro atoms. The van der Waals surface area contributed by atoms with Crippen molar-refractivity contribution in [3.8, 4) is 0 Å². The van der Waals surface area contributed by atoms with Crippen LogP contribution in [0.3, 0.4) is 0 Å². The van der Waals surface area contributed by atoms with E-state index in [0.29, 0.717) is 5.58 Å². The molecule has 4 nitrogen and oxygen atoms in total. The fourth-order valence-electron chi connectivity index (χ4n) is 2.40. The maximum absolute atomic E-state index is 13.3. The lowest BCUT2D eigenvalue weighted by Crippen LogP contribution is -2.23. The minimum Gasteiger partial charge on any atom is -0.459 e. The van der Waals surface area contributed by atoms with Crippen molar-refractivity contribution < 1.29 is 8.81 Å². The van der Waals surface area contributed by atoms with Crippen LogP contribution in [-0.4, -0.2) is 16.1 Å². The molecule has 0 aliphatic rings. The Kier molecular flexibility index (Phi) is 3.75. The first kappa shape index (κ1) is 13.8. The summed E-state index contributed by atoms with van der Waals surface area (Å²) in [5.74, 6) is 0.494. The molecule has 0 amide bonds. The van der Waals surface area contributed by atoms with Gasteiger partial charge >= 0.3 is 0 Å². The Balaban J connectivity index is 2.00. The molecule has 0 aliphatic carbocycles. The number of nitrogens with zero attached hydrogens (tertiary/aromatic N) is 2. The number of aromatic nitrogens is 2. The highest BCUT2D eigenvalue weighted by atomic mass is 19.1. The lowest BCUT2D eigenvalue weighted by atomic mass is 10.1. The SMILES string of the molecule is CCCNC(c1cn(C)cn1)c1cc2cc(F)ccc2o1. The van der Waals surface area contributed by atoms with E-state index in [-0.39, 0.29) is 11.9 Å². The maximum Gasteiger partial charge on any atom is 0.134 e. The molecule has 5 heteroatoms. The van der Waals surface area contributed by atoms with E-state index < -0.39 is 0 Å². The van der Waals surface area contributed by atoms with Crippen LogP contribution in [0, 0.1) is 5.82 Å². The van der Waals surface area contributed by atoms with Gasteiger partial charge in [-0.05, 0) is 37.2 Å². The van der Waals surface area contributed by atoms with Gasteiger partial charge in [0, 0.05) is 18.6 Å². The summed E-state index contributed by atoms with van der Waals surface area (Å²) in [7, 11) is 1.93. The molecule has 0 aliphatic heterocycles.